The van der Waals surface area contributed by atoms with Gasteiger partial charge in [-0.15, -0.1) is 0 Å². The molecule has 0 aliphatic heterocycles. The fourth-order valence-electron chi connectivity index (χ4n) is 1.94. The number of hydrogen-bond donors (Lipinski definition) is 3. The van der Waals surface area contributed by atoms with Crippen LogP contribution < -0.4 is 10.6 Å². The minimum Gasteiger partial charge on any atom is -0.508 e. The van der Waals surface area contributed by atoms with E-state index in [-0.39, 0.29) is 17.7 Å². The van der Waals surface area contributed by atoms with Gasteiger partial charge in [0.1, 0.15) is 5.75 Å². The molecule has 20 heavy (non-hydrogen) atoms. The summed E-state index contributed by atoms with van der Waals surface area (Å²) in [4.78, 5) is 11.7. The van der Waals surface area contributed by atoms with Crippen molar-refractivity contribution in [2.75, 3.05) is 6.54 Å². The maximum absolute atomic E-state index is 11.7. The van der Waals surface area contributed by atoms with Gasteiger partial charge in [0.2, 0.25) is 5.91 Å². The number of carbonyl (C=O) groups is 1. The number of hydrogen-bond acceptors (Lipinski definition) is 3. The van der Waals surface area contributed by atoms with Gasteiger partial charge in [-0.1, -0.05) is 26.0 Å². The standard InChI is InChI=1S/C16H26N2O2/c1-12(2)17-11-10-16(20)18-13(3)4-5-14-6-8-15(19)9-7-14/h6-9,12-13,17,19H,4-5,10-11H2,1-3H3,(H,18,20). The number of aromatic hydroxyl groups is 1. The van der Waals surface area contributed by atoms with E-state index < -0.39 is 0 Å². The van der Waals surface area contributed by atoms with Crippen LogP contribution in [0.2, 0.25) is 0 Å². The Balaban J connectivity index is 2.20. The van der Waals surface area contributed by atoms with E-state index in [0.717, 1.165) is 12.8 Å². The topological polar surface area (TPSA) is 61.4 Å². The van der Waals surface area contributed by atoms with Gasteiger partial charge in [0.05, 0.1) is 0 Å². The number of phenols is 1. The van der Waals surface area contributed by atoms with Crippen molar-refractivity contribution >= 4 is 5.91 Å². The first-order valence-electron chi connectivity index (χ1n) is 7.28. The van der Waals surface area contributed by atoms with Crippen LogP contribution in [0.4, 0.5) is 0 Å². The largest absolute Gasteiger partial charge is 0.508 e. The molecule has 0 radical (unpaired) electrons. The second kappa shape index (κ2) is 8.59. The van der Waals surface area contributed by atoms with Gasteiger partial charge in [0.15, 0.2) is 0 Å². The van der Waals surface area contributed by atoms with Crippen LogP contribution in [0.5, 0.6) is 5.75 Å². The number of aryl methyl sites for hydroxylation is 1. The van der Waals surface area contributed by atoms with E-state index in [2.05, 4.69) is 24.5 Å². The van der Waals surface area contributed by atoms with Crippen LogP contribution in [-0.2, 0) is 11.2 Å². The van der Waals surface area contributed by atoms with Gasteiger partial charge in [0.25, 0.3) is 0 Å². The molecule has 0 heterocycles. The highest BCUT2D eigenvalue weighted by atomic mass is 16.3. The smallest absolute Gasteiger partial charge is 0.221 e. The number of carbonyl (C=O) groups excluding carboxylic acids is 1. The molecule has 0 saturated heterocycles. The Morgan fingerprint density at radius 2 is 1.85 bits per heavy atom. The van der Waals surface area contributed by atoms with Crippen LogP contribution in [0.25, 0.3) is 0 Å². The van der Waals surface area contributed by atoms with E-state index in [9.17, 15) is 9.90 Å². The summed E-state index contributed by atoms with van der Waals surface area (Å²) < 4.78 is 0. The zero-order valence-electron chi connectivity index (χ0n) is 12.6. The predicted octanol–water partition coefficient (Wildman–Crippen LogP) is 2.22. The first kappa shape index (κ1) is 16.5. The first-order chi connectivity index (χ1) is 9.47. The van der Waals surface area contributed by atoms with E-state index in [1.54, 1.807) is 12.1 Å². The second-order valence-electron chi connectivity index (χ2n) is 5.53. The molecular formula is C16H26N2O2. The summed E-state index contributed by atoms with van der Waals surface area (Å²) in [5.74, 6) is 0.379. The van der Waals surface area contributed by atoms with E-state index in [0.29, 0.717) is 19.0 Å². The van der Waals surface area contributed by atoms with Gasteiger partial charge >= 0.3 is 0 Å². The number of nitrogens with one attached hydrogen (secondary N) is 2. The Hall–Kier alpha value is -1.55. The quantitative estimate of drug-likeness (QED) is 0.683. The Bertz CT molecular complexity index is 401. The highest BCUT2D eigenvalue weighted by molar-refractivity contribution is 5.76. The average Bonchev–Trinajstić information content (AvgIpc) is 2.37. The molecule has 0 fully saturated rings. The Labute approximate surface area is 121 Å². The van der Waals surface area contributed by atoms with Crippen LogP contribution in [-0.4, -0.2) is 29.6 Å². The van der Waals surface area contributed by atoms with E-state index in [4.69, 9.17) is 0 Å². The Kier molecular flexibility index (Phi) is 7.09. The summed E-state index contributed by atoms with van der Waals surface area (Å²) in [6.45, 7) is 6.87. The highest BCUT2D eigenvalue weighted by Crippen LogP contribution is 2.11. The second-order valence-corrected chi connectivity index (χ2v) is 5.53. The lowest BCUT2D eigenvalue weighted by Gasteiger charge is -2.14. The molecule has 0 saturated carbocycles. The highest BCUT2D eigenvalue weighted by Gasteiger charge is 2.07. The molecule has 1 atom stereocenters. The van der Waals surface area contributed by atoms with Gasteiger partial charge in [-0.05, 0) is 37.5 Å². The zero-order chi connectivity index (χ0) is 15.0. The molecule has 1 rings (SSSR count). The first-order valence-corrected chi connectivity index (χ1v) is 7.28. The molecule has 4 nitrogen and oxygen atoms in total. The van der Waals surface area contributed by atoms with Gasteiger partial charge in [-0.25, -0.2) is 0 Å². The van der Waals surface area contributed by atoms with Crippen molar-refractivity contribution in [3.8, 4) is 5.75 Å². The molecule has 0 aliphatic carbocycles. The summed E-state index contributed by atoms with van der Waals surface area (Å²) in [5, 5.41) is 15.4. The van der Waals surface area contributed by atoms with Gasteiger partial charge in [-0.3, -0.25) is 4.79 Å². The summed E-state index contributed by atoms with van der Waals surface area (Å²) >= 11 is 0. The average molecular weight is 278 g/mol. The van der Waals surface area contributed by atoms with Crippen LogP contribution >= 0.6 is 0 Å². The van der Waals surface area contributed by atoms with Crippen molar-refractivity contribution in [2.45, 2.75) is 52.1 Å². The molecule has 0 aromatic heterocycles. The minimum atomic E-state index is 0.0938. The van der Waals surface area contributed by atoms with Gasteiger partial charge in [0, 0.05) is 25.0 Å². The maximum atomic E-state index is 11.7. The van der Waals surface area contributed by atoms with Crippen molar-refractivity contribution < 1.29 is 9.90 Å². The third-order valence-corrected chi connectivity index (χ3v) is 3.11. The maximum Gasteiger partial charge on any atom is 0.221 e. The zero-order valence-corrected chi connectivity index (χ0v) is 12.6. The molecule has 1 aromatic rings. The lowest BCUT2D eigenvalue weighted by molar-refractivity contribution is -0.121. The summed E-state index contributed by atoms with van der Waals surface area (Å²) in [5.41, 5.74) is 1.17. The normalized spacial score (nSPS) is 12.4. The molecule has 3 N–H and O–H groups in total. The summed E-state index contributed by atoms with van der Waals surface area (Å²) in [6.07, 6.45) is 2.31. The van der Waals surface area contributed by atoms with Crippen LogP contribution in [0, 0.1) is 0 Å². The third-order valence-electron chi connectivity index (χ3n) is 3.11. The fourth-order valence-corrected chi connectivity index (χ4v) is 1.94. The lowest BCUT2D eigenvalue weighted by atomic mass is 10.1. The number of benzene rings is 1. The van der Waals surface area contributed by atoms with Crippen molar-refractivity contribution in [2.24, 2.45) is 0 Å². The predicted molar refractivity (Wildman–Crippen MR) is 81.8 cm³/mol. The lowest BCUT2D eigenvalue weighted by Crippen LogP contribution is -2.35. The molecule has 1 unspecified atom stereocenters. The summed E-state index contributed by atoms with van der Waals surface area (Å²) in [6, 6.07) is 7.78. The van der Waals surface area contributed by atoms with Crippen molar-refractivity contribution in [3.05, 3.63) is 29.8 Å². The molecule has 0 spiro atoms. The number of phenolic OH excluding ortho intramolecular Hbond substituents is 1. The number of rotatable bonds is 8. The molecular weight excluding hydrogens is 252 g/mol. The van der Waals surface area contributed by atoms with E-state index in [1.807, 2.05) is 19.1 Å². The van der Waals surface area contributed by atoms with Crippen molar-refractivity contribution in [3.63, 3.8) is 0 Å². The number of amides is 1. The fraction of sp³-hybridized carbons (Fsp3) is 0.562. The van der Waals surface area contributed by atoms with Crippen molar-refractivity contribution in [1.29, 1.82) is 0 Å². The van der Waals surface area contributed by atoms with E-state index in [1.165, 1.54) is 5.56 Å². The minimum absolute atomic E-state index is 0.0938. The Morgan fingerprint density at radius 1 is 1.20 bits per heavy atom. The molecule has 1 aromatic carbocycles. The monoisotopic (exact) mass is 278 g/mol. The molecule has 4 heteroatoms. The molecule has 0 aliphatic rings. The van der Waals surface area contributed by atoms with Crippen LogP contribution in [0.1, 0.15) is 39.2 Å². The van der Waals surface area contributed by atoms with Crippen molar-refractivity contribution in [1.82, 2.24) is 10.6 Å². The summed E-state index contributed by atoms with van der Waals surface area (Å²) in [7, 11) is 0. The van der Waals surface area contributed by atoms with E-state index >= 15 is 0 Å². The third kappa shape index (κ3) is 7.14. The van der Waals surface area contributed by atoms with Gasteiger partial charge < -0.3 is 15.7 Å². The molecule has 112 valence electrons. The van der Waals surface area contributed by atoms with Crippen LogP contribution in [0.15, 0.2) is 24.3 Å². The molecule has 0 bridgehead atoms. The molecule has 1 amide bonds. The van der Waals surface area contributed by atoms with Crippen LogP contribution in [0.3, 0.4) is 0 Å². The SMILES string of the molecule is CC(C)NCCC(=O)NC(C)CCc1ccc(O)cc1. The Morgan fingerprint density at radius 3 is 2.45 bits per heavy atom. The van der Waals surface area contributed by atoms with Gasteiger partial charge in [-0.2, -0.15) is 0 Å².